The van der Waals surface area contributed by atoms with Gasteiger partial charge in [-0.25, -0.2) is 0 Å². The molecule has 33 heavy (non-hydrogen) atoms. The maximum atomic E-state index is 11.8. The first-order chi connectivity index (χ1) is 16.0. The fourth-order valence-corrected chi connectivity index (χ4v) is 5.14. The molecule has 3 N–H and O–H groups in total. The molecule has 2 aliphatic rings. The molecular formula is C24H38N8O. The van der Waals surface area contributed by atoms with Crippen LogP contribution in [0.3, 0.4) is 0 Å². The number of nitrogens with zero attached hydrogens (tertiary/aromatic N) is 5. The molecule has 2 aromatic rings. The van der Waals surface area contributed by atoms with Gasteiger partial charge in [0.2, 0.25) is 17.8 Å². The topological polar surface area (TPSA) is 99.5 Å². The SMILES string of the molecule is C=CC(=O)NC1CCCC(Nc2nc(NC3CCC(N(C)C)CC3)nc3c(CC)cnn23)C1. The molecule has 2 atom stereocenters. The van der Waals surface area contributed by atoms with Gasteiger partial charge in [0.1, 0.15) is 0 Å². The van der Waals surface area contributed by atoms with Crippen molar-refractivity contribution in [1.29, 1.82) is 0 Å². The zero-order chi connectivity index (χ0) is 23.4. The van der Waals surface area contributed by atoms with Gasteiger partial charge in [-0.2, -0.15) is 19.6 Å². The second kappa shape index (κ2) is 10.5. The molecule has 0 saturated heterocycles. The van der Waals surface area contributed by atoms with Gasteiger partial charge in [0, 0.05) is 29.7 Å². The van der Waals surface area contributed by atoms with Crippen molar-refractivity contribution in [1.82, 2.24) is 29.8 Å². The predicted octanol–water partition coefficient (Wildman–Crippen LogP) is 3.00. The average molecular weight is 455 g/mol. The first kappa shape index (κ1) is 23.5. The van der Waals surface area contributed by atoms with Gasteiger partial charge in [-0.05, 0) is 78.0 Å². The minimum absolute atomic E-state index is 0.111. The summed E-state index contributed by atoms with van der Waals surface area (Å²) < 4.78 is 1.82. The number of carbonyl (C=O) groups is 1. The number of fused-ring (bicyclic) bond motifs is 1. The normalized spacial score (nSPS) is 25.7. The van der Waals surface area contributed by atoms with Crippen molar-refractivity contribution in [2.24, 2.45) is 0 Å². The minimum Gasteiger partial charge on any atom is -0.351 e. The van der Waals surface area contributed by atoms with Crippen molar-refractivity contribution in [2.45, 2.75) is 88.9 Å². The first-order valence-electron chi connectivity index (χ1n) is 12.3. The lowest BCUT2D eigenvalue weighted by molar-refractivity contribution is -0.117. The molecule has 9 heteroatoms. The van der Waals surface area contributed by atoms with Crippen molar-refractivity contribution in [2.75, 3.05) is 24.7 Å². The van der Waals surface area contributed by atoms with Crippen molar-refractivity contribution in [3.05, 3.63) is 24.4 Å². The lowest BCUT2D eigenvalue weighted by Crippen LogP contribution is -2.41. The van der Waals surface area contributed by atoms with Gasteiger partial charge in [0.05, 0.1) is 6.20 Å². The Morgan fingerprint density at radius 3 is 2.58 bits per heavy atom. The summed E-state index contributed by atoms with van der Waals surface area (Å²) in [6.07, 6.45) is 12.6. The van der Waals surface area contributed by atoms with Crippen LogP contribution in [-0.2, 0) is 11.2 Å². The molecular weight excluding hydrogens is 416 g/mol. The molecule has 2 aromatic heterocycles. The minimum atomic E-state index is -0.111. The molecule has 1 amide bonds. The molecule has 4 rings (SSSR count). The van der Waals surface area contributed by atoms with E-state index < -0.39 is 0 Å². The number of aryl methyl sites for hydroxylation is 1. The number of aromatic nitrogens is 4. The zero-order valence-corrected chi connectivity index (χ0v) is 20.2. The van der Waals surface area contributed by atoms with Gasteiger partial charge in [-0.3, -0.25) is 4.79 Å². The monoisotopic (exact) mass is 454 g/mol. The molecule has 0 spiro atoms. The largest absolute Gasteiger partial charge is 0.351 e. The molecule has 0 bridgehead atoms. The lowest BCUT2D eigenvalue weighted by atomic mass is 9.90. The molecule has 2 heterocycles. The van der Waals surface area contributed by atoms with Crippen LogP contribution in [0, 0.1) is 0 Å². The molecule has 2 fully saturated rings. The van der Waals surface area contributed by atoms with E-state index in [2.05, 4.69) is 53.5 Å². The van der Waals surface area contributed by atoms with Crippen molar-refractivity contribution < 1.29 is 4.79 Å². The highest BCUT2D eigenvalue weighted by Gasteiger charge is 2.26. The second-order valence-electron chi connectivity index (χ2n) is 9.66. The Labute approximate surface area is 196 Å². The van der Waals surface area contributed by atoms with Crippen LogP contribution in [0.4, 0.5) is 11.9 Å². The van der Waals surface area contributed by atoms with Gasteiger partial charge in [-0.1, -0.05) is 13.5 Å². The van der Waals surface area contributed by atoms with E-state index in [-0.39, 0.29) is 18.0 Å². The van der Waals surface area contributed by atoms with Crippen LogP contribution >= 0.6 is 0 Å². The zero-order valence-electron chi connectivity index (χ0n) is 20.2. The molecule has 0 aromatic carbocycles. The average Bonchev–Trinajstić information content (AvgIpc) is 3.23. The smallest absolute Gasteiger partial charge is 0.243 e. The summed E-state index contributed by atoms with van der Waals surface area (Å²) in [6.45, 7) is 5.68. The third-order valence-electron chi connectivity index (χ3n) is 7.12. The standard InChI is InChI=1S/C24H38N8O/c1-5-16-15-25-32-22(16)29-23(27-17-10-12-20(13-11-17)31(3)4)30-24(32)28-19-9-7-8-18(14-19)26-21(33)6-2/h6,15,17-20H,2,5,7-14H2,1,3-4H3,(H,26,33)(H2,27,28,29,30). The van der Waals surface area contributed by atoms with Crippen molar-refractivity contribution >= 4 is 23.5 Å². The summed E-state index contributed by atoms with van der Waals surface area (Å²) in [4.78, 5) is 23.8. The van der Waals surface area contributed by atoms with Crippen LogP contribution in [0.5, 0.6) is 0 Å². The molecule has 0 radical (unpaired) electrons. The van der Waals surface area contributed by atoms with E-state index in [1.54, 1.807) is 0 Å². The first-order valence-corrected chi connectivity index (χ1v) is 12.3. The van der Waals surface area contributed by atoms with Crippen molar-refractivity contribution in [3.8, 4) is 0 Å². The number of nitrogens with one attached hydrogen (secondary N) is 3. The Bertz CT molecular complexity index is 963. The van der Waals surface area contributed by atoms with Crippen LogP contribution < -0.4 is 16.0 Å². The molecule has 2 aliphatic carbocycles. The number of anilines is 2. The lowest BCUT2D eigenvalue weighted by Gasteiger charge is -2.33. The van der Waals surface area contributed by atoms with E-state index >= 15 is 0 Å². The molecule has 9 nitrogen and oxygen atoms in total. The Kier molecular flexibility index (Phi) is 7.47. The highest BCUT2D eigenvalue weighted by Crippen LogP contribution is 2.26. The maximum Gasteiger partial charge on any atom is 0.243 e. The van der Waals surface area contributed by atoms with Crippen LogP contribution in [0.15, 0.2) is 18.9 Å². The summed E-state index contributed by atoms with van der Waals surface area (Å²) in [7, 11) is 4.33. The molecule has 0 aliphatic heterocycles. The Morgan fingerprint density at radius 1 is 1.12 bits per heavy atom. The fourth-order valence-electron chi connectivity index (χ4n) is 5.14. The van der Waals surface area contributed by atoms with Crippen LogP contribution in [0.25, 0.3) is 5.65 Å². The van der Waals surface area contributed by atoms with Crippen LogP contribution in [0.1, 0.15) is 63.9 Å². The number of hydrogen-bond donors (Lipinski definition) is 3. The summed E-state index contributed by atoms with van der Waals surface area (Å²) in [5, 5.41) is 14.8. The van der Waals surface area contributed by atoms with Gasteiger partial charge in [0.25, 0.3) is 0 Å². The third kappa shape index (κ3) is 5.63. The van der Waals surface area contributed by atoms with E-state index in [4.69, 9.17) is 9.97 Å². The van der Waals surface area contributed by atoms with E-state index in [1.165, 1.54) is 18.9 Å². The Balaban J connectivity index is 1.50. The van der Waals surface area contributed by atoms with E-state index in [0.29, 0.717) is 24.0 Å². The number of hydrogen-bond acceptors (Lipinski definition) is 7. The fraction of sp³-hybridized carbons (Fsp3) is 0.667. The summed E-state index contributed by atoms with van der Waals surface area (Å²) in [5.41, 5.74) is 1.96. The van der Waals surface area contributed by atoms with Crippen molar-refractivity contribution in [3.63, 3.8) is 0 Å². The molecule has 2 saturated carbocycles. The quantitative estimate of drug-likeness (QED) is 0.527. The molecule has 180 valence electrons. The summed E-state index contributed by atoms with van der Waals surface area (Å²) >= 11 is 0. The van der Waals surface area contributed by atoms with Gasteiger partial charge in [0.15, 0.2) is 5.65 Å². The predicted molar refractivity (Wildman–Crippen MR) is 132 cm³/mol. The van der Waals surface area contributed by atoms with Gasteiger partial charge < -0.3 is 20.9 Å². The highest BCUT2D eigenvalue weighted by molar-refractivity contribution is 5.87. The summed E-state index contributed by atoms with van der Waals surface area (Å²) in [6, 6.07) is 1.40. The number of carbonyl (C=O) groups excluding carboxylic acids is 1. The number of rotatable bonds is 8. The van der Waals surface area contributed by atoms with E-state index in [0.717, 1.165) is 56.2 Å². The Hall–Kier alpha value is -2.68. The molecule has 2 unspecified atom stereocenters. The number of amides is 1. The van der Waals surface area contributed by atoms with E-state index in [1.807, 2.05) is 10.7 Å². The Morgan fingerprint density at radius 2 is 1.88 bits per heavy atom. The maximum absolute atomic E-state index is 11.8. The van der Waals surface area contributed by atoms with Gasteiger partial charge >= 0.3 is 0 Å². The van der Waals surface area contributed by atoms with Crippen LogP contribution in [-0.4, -0.2) is 68.7 Å². The van der Waals surface area contributed by atoms with Crippen LogP contribution in [0.2, 0.25) is 0 Å². The second-order valence-corrected chi connectivity index (χ2v) is 9.66. The highest BCUT2D eigenvalue weighted by atomic mass is 16.1. The third-order valence-corrected chi connectivity index (χ3v) is 7.12. The van der Waals surface area contributed by atoms with E-state index in [9.17, 15) is 4.79 Å². The van der Waals surface area contributed by atoms with Gasteiger partial charge in [-0.15, -0.1) is 0 Å². The summed E-state index contributed by atoms with van der Waals surface area (Å²) in [5.74, 6) is 1.27.